The molecule has 9 heteroatoms. The number of halogens is 4. The quantitative estimate of drug-likeness (QED) is 0.580. The first kappa shape index (κ1) is 14.8. The monoisotopic (exact) mass is 387 g/mol. The van der Waals surface area contributed by atoms with Crippen molar-refractivity contribution in [3.8, 4) is 5.88 Å². The molecule has 0 saturated carbocycles. The Kier molecular flexibility index (Phi) is 3.92. The Balaban J connectivity index is 2.76. The van der Waals surface area contributed by atoms with E-state index in [0.29, 0.717) is 0 Å². The van der Waals surface area contributed by atoms with Gasteiger partial charge in [0.15, 0.2) is 5.82 Å². The van der Waals surface area contributed by atoms with Crippen LogP contribution in [0.3, 0.4) is 0 Å². The van der Waals surface area contributed by atoms with Crippen LogP contribution in [-0.4, -0.2) is 19.7 Å². The van der Waals surface area contributed by atoms with Gasteiger partial charge < -0.3 is 4.18 Å². The first-order valence-electron chi connectivity index (χ1n) is 4.72. The molecule has 0 unspecified atom stereocenters. The zero-order valence-corrected chi connectivity index (χ0v) is 13.2. The zero-order chi connectivity index (χ0) is 14.4. The molecule has 0 atom stereocenters. The fourth-order valence-corrected chi connectivity index (χ4v) is 2.53. The summed E-state index contributed by atoms with van der Waals surface area (Å²) in [4.78, 5) is 3.77. The number of hydrogen-bond acceptors (Lipinski definition) is 4. The normalized spacial score (nSPS) is 11.8. The highest BCUT2D eigenvalue weighted by Crippen LogP contribution is 2.36. The smallest absolute Gasteiger partial charge is 0.307 e. The molecule has 0 fully saturated rings. The van der Waals surface area contributed by atoms with Gasteiger partial charge in [-0.25, -0.2) is 9.37 Å². The minimum absolute atomic E-state index is 0.0155. The van der Waals surface area contributed by atoms with Gasteiger partial charge in [0.1, 0.15) is 5.52 Å². The fraction of sp³-hybridized carbons (Fsp3) is 0.100. The van der Waals surface area contributed by atoms with Crippen LogP contribution in [-0.2, 0) is 10.1 Å². The number of aromatic nitrogens is 1. The van der Waals surface area contributed by atoms with Crippen molar-refractivity contribution in [2.45, 2.75) is 0 Å². The Hall–Kier alpha value is -0.630. The van der Waals surface area contributed by atoms with Crippen molar-refractivity contribution in [2.24, 2.45) is 0 Å². The van der Waals surface area contributed by atoms with Gasteiger partial charge in [0, 0.05) is 11.5 Å². The van der Waals surface area contributed by atoms with Crippen LogP contribution in [0.1, 0.15) is 0 Å². The predicted octanol–water partition coefficient (Wildman–Crippen LogP) is 3.78. The van der Waals surface area contributed by atoms with Gasteiger partial charge in [-0.15, -0.1) is 0 Å². The molecule has 0 amide bonds. The molecular formula is C10H5BrCl2FNO3S. The molecule has 1 aromatic heterocycles. The molecule has 2 aromatic rings. The second kappa shape index (κ2) is 5.05. The molecule has 0 aliphatic heterocycles. The molecular weight excluding hydrogens is 384 g/mol. The summed E-state index contributed by atoms with van der Waals surface area (Å²) in [6.07, 6.45) is 0.848. The van der Waals surface area contributed by atoms with Crippen LogP contribution in [0.2, 0.25) is 10.0 Å². The van der Waals surface area contributed by atoms with E-state index in [-0.39, 0.29) is 31.3 Å². The van der Waals surface area contributed by atoms with Crippen LogP contribution in [0.4, 0.5) is 4.39 Å². The predicted molar refractivity (Wildman–Crippen MR) is 74.9 cm³/mol. The molecule has 0 N–H and O–H groups in total. The molecule has 0 bridgehead atoms. The lowest BCUT2D eigenvalue weighted by Crippen LogP contribution is -2.07. The standard InChI is InChI=1S/C10H5BrCl2FNO3S/c1-19(16,17)18-7-3-5(12)4-2-6(13)8(11)9(14)10(4)15-7/h2-3H,1H3. The molecule has 0 radical (unpaired) electrons. The van der Waals surface area contributed by atoms with Crippen molar-refractivity contribution in [2.75, 3.05) is 6.26 Å². The van der Waals surface area contributed by atoms with E-state index in [1.165, 1.54) is 12.1 Å². The van der Waals surface area contributed by atoms with E-state index in [2.05, 4.69) is 25.1 Å². The molecule has 0 saturated heterocycles. The Labute approximate surface area is 126 Å². The van der Waals surface area contributed by atoms with Crippen molar-refractivity contribution in [3.05, 3.63) is 32.5 Å². The number of pyridine rings is 1. The molecule has 19 heavy (non-hydrogen) atoms. The van der Waals surface area contributed by atoms with Crippen LogP contribution in [0.25, 0.3) is 10.9 Å². The molecule has 0 spiro atoms. The van der Waals surface area contributed by atoms with E-state index < -0.39 is 15.9 Å². The lowest BCUT2D eigenvalue weighted by atomic mass is 10.2. The van der Waals surface area contributed by atoms with Gasteiger partial charge in [-0.2, -0.15) is 8.42 Å². The SMILES string of the molecule is CS(=O)(=O)Oc1cc(Cl)c2cc(Cl)c(Br)c(F)c2n1. The topological polar surface area (TPSA) is 56.3 Å². The third-order valence-electron chi connectivity index (χ3n) is 2.10. The number of benzene rings is 1. The molecule has 4 nitrogen and oxygen atoms in total. The summed E-state index contributed by atoms with van der Waals surface area (Å²) in [6.45, 7) is 0. The van der Waals surface area contributed by atoms with Gasteiger partial charge >= 0.3 is 10.1 Å². The minimum Gasteiger partial charge on any atom is -0.362 e. The van der Waals surface area contributed by atoms with E-state index in [0.717, 1.165) is 6.26 Å². The Morgan fingerprint density at radius 3 is 2.53 bits per heavy atom. The van der Waals surface area contributed by atoms with Gasteiger partial charge in [0.05, 0.1) is 20.8 Å². The maximum absolute atomic E-state index is 14.0. The van der Waals surface area contributed by atoms with E-state index >= 15 is 0 Å². The van der Waals surface area contributed by atoms with Gasteiger partial charge in [-0.1, -0.05) is 23.2 Å². The summed E-state index contributed by atoms with van der Waals surface area (Å²) >= 11 is 14.7. The maximum Gasteiger partial charge on any atom is 0.307 e. The summed E-state index contributed by atoms with van der Waals surface area (Å²) in [5.74, 6) is -1.06. The van der Waals surface area contributed by atoms with Gasteiger partial charge in [-0.3, -0.25) is 0 Å². The second-order valence-electron chi connectivity index (χ2n) is 3.61. The third-order valence-corrected chi connectivity index (χ3v) is 4.19. The number of fused-ring (bicyclic) bond motifs is 1. The van der Waals surface area contributed by atoms with E-state index in [9.17, 15) is 12.8 Å². The lowest BCUT2D eigenvalue weighted by Gasteiger charge is -2.08. The maximum atomic E-state index is 14.0. The highest BCUT2D eigenvalue weighted by atomic mass is 79.9. The highest BCUT2D eigenvalue weighted by molar-refractivity contribution is 9.10. The molecule has 0 aliphatic rings. The molecule has 0 aliphatic carbocycles. The summed E-state index contributed by atoms with van der Waals surface area (Å²) in [5, 5.41) is 0.468. The fourth-order valence-electron chi connectivity index (χ4n) is 1.40. The molecule has 102 valence electrons. The van der Waals surface area contributed by atoms with Crippen molar-refractivity contribution in [3.63, 3.8) is 0 Å². The van der Waals surface area contributed by atoms with Crippen LogP contribution in [0.5, 0.6) is 5.88 Å². The van der Waals surface area contributed by atoms with E-state index in [1.54, 1.807) is 0 Å². The first-order valence-corrected chi connectivity index (χ1v) is 8.09. The van der Waals surface area contributed by atoms with Gasteiger partial charge in [-0.05, 0) is 22.0 Å². The lowest BCUT2D eigenvalue weighted by molar-refractivity contribution is 0.483. The zero-order valence-electron chi connectivity index (χ0n) is 9.25. The summed E-state index contributed by atoms with van der Waals surface area (Å²) in [7, 11) is -3.78. The largest absolute Gasteiger partial charge is 0.362 e. The minimum atomic E-state index is -3.78. The Morgan fingerprint density at radius 2 is 1.95 bits per heavy atom. The first-order chi connectivity index (χ1) is 8.69. The van der Waals surface area contributed by atoms with Gasteiger partial charge in [0.2, 0.25) is 5.88 Å². The molecule has 2 rings (SSSR count). The second-order valence-corrected chi connectivity index (χ2v) is 6.79. The van der Waals surface area contributed by atoms with Crippen LogP contribution >= 0.6 is 39.1 Å². The number of rotatable bonds is 2. The average Bonchev–Trinajstić information content (AvgIpc) is 2.26. The van der Waals surface area contributed by atoms with Crippen molar-refractivity contribution >= 4 is 60.2 Å². The summed E-state index contributed by atoms with van der Waals surface area (Å²) < 4.78 is 40.6. The average molecular weight is 389 g/mol. The Bertz CT molecular complexity index is 782. The van der Waals surface area contributed by atoms with E-state index in [1.807, 2.05) is 0 Å². The highest BCUT2D eigenvalue weighted by Gasteiger charge is 2.16. The van der Waals surface area contributed by atoms with Crippen LogP contribution in [0.15, 0.2) is 16.6 Å². The third kappa shape index (κ3) is 3.10. The van der Waals surface area contributed by atoms with Gasteiger partial charge in [0.25, 0.3) is 0 Å². The van der Waals surface area contributed by atoms with Crippen molar-refractivity contribution in [1.82, 2.24) is 4.98 Å². The van der Waals surface area contributed by atoms with E-state index in [4.69, 9.17) is 23.2 Å². The summed E-state index contributed by atoms with van der Waals surface area (Å²) in [6, 6.07) is 2.60. The molecule has 1 heterocycles. The summed E-state index contributed by atoms with van der Waals surface area (Å²) in [5.41, 5.74) is -0.137. The number of nitrogens with zero attached hydrogens (tertiary/aromatic N) is 1. The van der Waals surface area contributed by atoms with Crippen molar-refractivity contribution < 1.29 is 17.0 Å². The van der Waals surface area contributed by atoms with Crippen LogP contribution < -0.4 is 4.18 Å². The molecule has 1 aromatic carbocycles. The van der Waals surface area contributed by atoms with Crippen molar-refractivity contribution in [1.29, 1.82) is 0 Å². The Morgan fingerprint density at radius 1 is 1.32 bits per heavy atom. The van der Waals surface area contributed by atoms with Crippen LogP contribution in [0, 0.1) is 5.82 Å². The number of hydrogen-bond donors (Lipinski definition) is 0.